The number of nitrogens with zero attached hydrogens (tertiary/aromatic N) is 1. The van der Waals surface area contributed by atoms with Crippen molar-refractivity contribution in [3.8, 4) is 0 Å². The Kier molecular flexibility index (Phi) is 7.12. The van der Waals surface area contributed by atoms with Crippen LogP contribution < -0.4 is 4.72 Å². The molecule has 0 saturated heterocycles. The van der Waals surface area contributed by atoms with Crippen molar-refractivity contribution in [3.63, 3.8) is 0 Å². The Hall–Kier alpha value is -2.62. The Morgan fingerprint density at radius 2 is 1.66 bits per heavy atom. The first-order chi connectivity index (χ1) is 15.0. The first-order valence-corrected chi connectivity index (χ1v) is 13.0. The summed E-state index contributed by atoms with van der Waals surface area (Å²) in [4.78, 5) is 3.52. The summed E-state index contributed by atoms with van der Waals surface area (Å²) in [6, 6.07) is 13.4. The van der Waals surface area contributed by atoms with Crippen LogP contribution in [0.2, 0.25) is 0 Å². The third-order valence-electron chi connectivity index (χ3n) is 5.14. The third-order valence-corrected chi connectivity index (χ3v) is 8.70. The van der Waals surface area contributed by atoms with Crippen molar-refractivity contribution in [1.29, 1.82) is 0 Å². The molecule has 0 radical (unpaired) electrons. The van der Waals surface area contributed by atoms with Gasteiger partial charge in [-0.2, -0.15) is 0 Å². The van der Waals surface area contributed by atoms with Crippen molar-refractivity contribution >= 4 is 19.9 Å². The van der Waals surface area contributed by atoms with Gasteiger partial charge in [-0.15, -0.1) is 0 Å². The number of sulfonamides is 1. The minimum atomic E-state index is -4.29. The highest BCUT2D eigenvalue weighted by atomic mass is 32.2. The molecule has 0 fully saturated rings. The van der Waals surface area contributed by atoms with E-state index in [0.717, 1.165) is 11.6 Å². The molecule has 1 heterocycles. The highest BCUT2D eigenvalue weighted by Gasteiger charge is 2.31. The van der Waals surface area contributed by atoms with Gasteiger partial charge < -0.3 is 0 Å². The molecule has 1 N–H and O–H groups in total. The highest BCUT2D eigenvalue weighted by Crippen LogP contribution is 2.30. The molecule has 0 bridgehead atoms. The van der Waals surface area contributed by atoms with Crippen molar-refractivity contribution in [3.05, 3.63) is 89.5 Å². The number of rotatable bonds is 8. The van der Waals surface area contributed by atoms with Crippen LogP contribution in [-0.4, -0.2) is 28.4 Å². The quantitative estimate of drug-likeness (QED) is 0.527. The van der Waals surface area contributed by atoms with Gasteiger partial charge in [0.15, 0.2) is 9.84 Å². The minimum absolute atomic E-state index is 0.0664. The van der Waals surface area contributed by atoms with Crippen LogP contribution in [0, 0.1) is 12.7 Å². The number of sulfone groups is 1. The lowest BCUT2D eigenvalue weighted by Crippen LogP contribution is -2.32. The number of benzene rings is 2. The van der Waals surface area contributed by atoms with Crippen LogP contribution in [0.25, 0.3) is 0 Å². The van der Waals surface area contributed by atoms with Gasteiger partial charge in [0.05, 0.1) is 4.90 Å². The zero-order chi connectivity index (χ0) is 23.5. The average molecular weight is 477 g/mol. The zero-order valence-electron chi connectivity index (χ0n) is 18.0. The summed E-state index contributed by atoms with van der Waals surface area (Å²) in [7, 11) is -8.27. The molecule has 1 aromatic heterocycles. The van der Waals surface area contributed by atoms with E-state index in [-0.39, 0.29) is 10.8 Å². The summed E-state index contributed by atoms with van der Waals surface area (Å²) in [6.45, 7) is 5.17. The molecule has 1 atom stereocenters. The molecule has 0 saturated carbocycles. The Labute approximate surface area is 188 Å². The van der Waals surface area contributed by atoms with E-state index in [2.05, 4.69) is 9.71 Å². The number of pyridine rings is 1. The number of halogens is 1. The second-order valence-corrected chi connectivity index (χ2v) is 11.7. The van der Waals surface area contributed by atoms with Crippen LogP contribution in [0.3, 0.4) is 0 Å². The molecule has 0 amide bonds. The first kappa shape index (κ1) is 24.0. The van der Waals surface area contributed by atoms with E-state index in [1.807, 2.05) is 13.8 Å². The first-order valence-electron chi connectivity index (χ1n) is 10.0. The second kappa shape index (κ2) is 9.48. The predicted octanol–water partition coefficient (Wildman–Crippen LogP) is 4.15. The molecule has 0 aliphatic carbocycles. The summed E-state index contributed by atoms with van der Waals surface area (Å²) in [5.74, 6) is -0.676. The Bertz CT molecular complexity index is 1290. The van der Waals surface area contributed by atoms with Crippen molar-refractivity contribution in [2.45, 2.75) is 41.7 Å². The maximum absolute atomic E-state index is 14.2. The maximum atomic E-state index is 14.2. The summed E-state index contributed by atoms with van der Waals surface area (Å²) < 4.78 is 68.9. The number of hydrogen-bond acceptors (Lipinski definition) is 5. The van der Waals surface area contributed by atoms with Crippen LogP contribution in [0.5, 0.6) is 0 Å². The molecule has 0 aliphatic heterocycles. The van der Waals surface area contributed by atoms with Crippen molar-refractivity contribution < 1.29 is 21.2 Å². The van der Waals surface area contributed by atoms with Gasteiger partial charge in [-0.05, 0) is 59.9 Å². The SMILES string of the molecule is Cc1ccc(F)c(S(=O)(=O)NCC(c2cccnc2)S(=O)(=O)c2ccc(C(C)C)cc2)c1. The fourth-order valence-corrected chi connectivity index (χ4v) is 6.22. The van der Waals surface area contributed by atoms with Crippen molar-refractivity contribution in [2.75, 3.05) is 6.54 Å². The molecule has 0 aliphatic rings. The van der Waals surface area contributed by atoms with E-state index >= 15 is 0 Å². The normalized spacial score (nSPS) is 13.3. The van der Waals surface area contributed by atoms with Crippen LogP contribution in [-0.2, 0) is 19.9 Å². The molecule has 170 valence electrons. The summed E-state index contributed by atoms with van der Waals surface area (Å²) in [6.07, 6.45) is 2.88. The van der Waals surface area contributed by atoms with E-state index in [1.54, 1.807) is 31.2 Å². The Balaban J connectivity index is 1.98. The number of hydrogen-bond donors (Lipinski definition) is 1. The smallest absolute Gasteiger partial charge is 0.243 e. The molecule has 6 nitrogen and oxygen atoms in total. The van der Waals surface area contributed by atoms with Crippen LogP contribution in [0.4, 0.5) is 4.39 Å². The Morgan fingerprint density at radius 1 is 0.969 bits per heavy atom. The molecule has 0 spiro atoms. The van der Waals surface area contributed by atoms with Gasteiger partial charge in [0, 0.05) is 18.9 Å². The monoisotopic (exact) mass is 476 g/mol. The third kappa shape index (κ3) is 5.23. The lowest BCUT2D eigenvalue weighted by Gasteiger charge is -2.19. The van der Waals surface area contributed by atoms with Crippen LogP contribution in [0.15, 0.2) is 76.8 Å². The lowest BCUT2D eigenvalue weighted by molar-refractivity contribution is 0.552. The number of nitrogens with one attached hydrogen (secondary N) is 1. The minimum Gasteiger partial charge on any atom is -0.264 e. The molecule has 3 rings (SSSR count). The van der Waals surface area contributed by atoms with Gasteiger partial charge in [0.2, 0.25) is 10.0 Å². The number of aryl methyl sites for hydroxylation is 1. The van der Waals surface area contributed by atoms with Gasteiger partial charge in [-0.1, -0.05) is 38.1 Å². The highest BCUT2D eigenvalue weighted by molar-refractivity contribution is 7.92. The molecule has 32 heavy (non-hydrogen) atoms. The molecule has 3 aromatic rings. The van der Waals surface area contributed by atoms with Crippen LogP contribution in [0.1, 0.15) is 41.7 Å². The molecule has 1 unspecified atom stereocenters. The topological polar surface area (TPSA) is 93.2 Å². The van der Waals surface area contributed by atoms with E-state index in [4.69, 9.17) is 0 Å². The standard InChI is InChI=1S/C23H25FN2O4S2/c1-16(2)18-7-9-20(10-8-18)31(27,28)23(19-5-4-12-25-14-19)15-26-32(29,30)22-13-17(3)6-11-21(22)24/h4-14,16,23,26H,15H2,1-3H3. The number of aromatic nitrogens is 1. The lowest BCUT2D eigenvalue weighted by atomic mass is 10.0. The van der Waals surface area contributed by atoms with Crippen molar-refractivity contribution in [2.24, 2.45) is 0 Å². The summed E-state index contributed by atoms with van der Waals surface area (Å²) in [5.41, 5.74) is 1.87. The fraction of sp³-hybridized carbons (Fsp3) is 0.261. The summed E-state index contributed by atoms with van der Waals surface area (Å²) in [5, 5.41) is -1.25. The van der Waals surface area contributed by atoms with Gasteiger partial charge >= 0.3 is 0 Å². The fourth-order valence-electron chi connectivity index (χ4n) is 3.26. The molecular formula is C23H25FN2O4S2. The Morgan fingerprint density at radius 3 is 2.25 bits per heavy atom. The summed E-state index contributed by atoms with van der Waals surface area (Å²) >= 11 is 0. The van der Waals surface area contributed by atoms with E-state index in [0.29, 0.717) is 11.1 Å². The predicted molar refractivity (Wildman–Crippen MR) is 121 cm³/mol. The van der Waals surface area contributed by atoms with Gasteiger partial charge in [0.25, 0.3) is 0 Å². The van der Waals surface area contributed by atoms with E-state index in [9.17, 15) is 21.2 Å². The second-order valence-electron chi connectivity index (χ2n) is 7.83. The zero-order valence-corrected chi connectivity index (χ0v) is 19.6. The maximum Gasteiger partial charge on any atom is 0.243 e. The van der Waals surface area contributed by atoms with Gasteiger partial charge in [0.1, 0.15) is 16.0 Å². The largest absolute Gasteiger partial charge is 0.264 e. The van der Waals surface area contributed by atoms with Crippen molar-refractivity contribution in [1.82, 2.24) is 9.71 Å². The van der Waals surface area contributed by atoms with Gasteiger partial charge in [-0.3, -0.25) is 4.98 Å². The van der Waals surface area contributed by atoms with Crippen LogP contribution >= 0.6 is 0 Å². The average Bonchev–Trinajstić information content (AvgIpc) is 2.76. The van der Waals surface area contributed by atoms with E-state index in [1.165, 1.54) is 36.7 Å². The molecular weight excluding hydrogens is 451 g/mol. The van der Waals surface area contributed by atoms with Gasteiger partial charge in [-0.25, -0.2) is 25.9 Å². The molecule has 2 aromatic carbocycles. The van der Waals surface area contributed by atoms with E-state index < -0.39 is 42.4 Å². The molecule has 9 heteroatoms.